The smallest absolute Gasteiger partial charge is 0.316 e. The Labute approximate surface area is 140 Å². The molecule has 2 atom stereocenters. The van der Waals surface area contributed by atoms with Gasteiger partial charge in [-0.2, -0.15) is 13.2 Å². The van der Waals surface area contributed by atoms with E-state index in [1.165, 1.54) is 17.7 Å². The van der Waals surface area contributed by atoms with Crippen molar-refractivity contribution in [1.29, 1.82) is 0 Å². The van der Waals surface area contributed by atoms with Crippen molar-refractivity contribution in [3.05, 3.63) is 71.3 Å². The van der Waals surface area contributed by atoms with E-state index in [1.54, 1.807) is 0 Å². The summed E-state index contributed by atoms with van der Waals surface area (Å²) in [6, 6.07) is 15.8. The molecule has 1 nitrogen and oxygen atoms in total. The topological polar surface area (TPSA) is 12.0 Å². The number of hydrogen-bond donors (Lipinski definition) is 1. The molecule has 3 rings (SSSR count). The first-order chi connectivity index (χ1) is 10.6. The second-order valence-corrected chi connectivity index (χ2v) is 5.74. The van der Waals surface area contributed by atoms with Crippen LogP contribution >= 0.6 is 12.4 Å². The van der Waals surface area contributed by atoms with Crippen LogP contribution in [0, 0.1) is 0 Å². The normalized spacial score (nSPS) is 21.5. The first-order valence-electron chi connectivity index (χ1n) is 7.48. The molecule has 0 aromatic heterocycles. The Morgan fingerprint density at radius 3 is 2.26 bits per heavy atom. The molecule has 1 saturated heterocycles. The standard InChI is InChI=1S/C18H18F3N.ClH/c19-18(20,21)15-8-4-7-14(11-15)16-9-10-22-12-17(16)13-5-2-1-3-6-13;/h1-8,11,16-17,22H,9-10,12H2;1H/t16-,17+;/m0./s1. The first-order valence-corrected chi connectivity index (χ1v) is 7.48. The molecule has 124 valence electrons. The maximum atomic E-state index is 12.9. The average molecular weight is 342 g/mol. The van der Waals surface area contributed by atoms with Gasteiger partial charge in [-0.05, 0) is 36.1 Å². The van der Waals surface area contributed by atoms with Gasteiger partial charge in [0.05, 0.1) is 5.56 Å². The molecule has 1 aliphatic heterocycles. The molecule has 2 aromatic rings. The molecule has 0 bridgehead atoms. The van der Waals surface area contributed by atoms with E-state index in [9.17, 15) is 13.2 Å². The largest absolute Gasteiger partial charge is 0.416 e. The molecule has 0 radical (unpaired) electrons. The molecule has 1 aliphatic rings. The molecule has 0 spiro atoms. The summed E-state index contributed by atoms with van der Waals surface area (Å²) in [5, 5.41) is 3.36. The van der Waals surface area contributed by atoms with Crippen LogP contribution in [0.25, 0.3) is 0 Å². The molecule has 0 unspecified atom stereocenters. The van der Waals surface area contributed by atoms with Gasteiger partial charge >= 0.3 is 6.18 Å². The highest BCUT2D eigenvalue weighted by Gasteiger charge is 2.33. The summed E-state index contributed by atoms with van der Waals surface area (Å²) in [6.45, 7) is 1.63. The average Bonchev–Trinajstić information content (AvgIpc) is 2.55. The van der Waals surface area contributed by atoms with Crippen molar-refractivity contribution in [1.82, 2.24) is 5.32 Å². The van der Waals surface area contributed by atoms with Gasteiger partial charge < -0.3 is 5.32 Å². The van der Waals surface area contributed by atoms with Crippen LogP contribution in [0.2, 0.25) is 0 Å². The summed E-state index contributed by atoms with van der Waals surface area (Å²) in [6.07, 6.45) is -3.44. The fourth-order valence-electron chi connectivity index (χ4n) is 3.25. The van der Waals surface area contributed by atoms with E-state index < -0.39 is 11.7 Å². The predicted octanol–water partition coefficient (Wildman–Crippen LogP) is 4.99. The summed E-state index contributed by atoms with van der Waals surface area (Å²) in [4.78, 5) is 0. The molecule has 0 aliphatic carbocycles. The zero-order chi connectivity index (χ0) is 15.6. The second kappa shape index (κ2) is 7.37. The lowest BCUT2D eigenvalue weighted by atomic mass is 9.77. The van der Waals surface area contributed by atoms with Gasteiger partial charge in [0.2, 0.25) is 0 Å². The quantitative estimate of drug-likeness (QED) is 0.811. The lowest BCUT2D eigenvalue weighted by Crippen LogP contribution is -2.34. The number of nitrogens with one attached hydrogen (secondary N) is 1. The number of hydrogen-bond acceptors (Lipinski definition) is 1. The number of alkyl halides is 3. The van der Waals surface area contributed by atoms with E-state index in [2.05, 4.69) is 17.4 Å². The SMILES string of the molecule is Cl.FC(F)(F)c1cccc([C@@H]2CCNC[C@@H]2c2ccccc2)c1. The van der Waals surface area contributed by atoms with Gasteiger partial charge in [0, 0.05) is 12.5 Å². The minimum absolute atomic E-state index is 0. The summed E-state index contributed by atoms with van der Waals surface area (Å²) >= 11 is 0. The Morgan fingerprint density at radius 2 is 1.57 bits per heavy atom. The molecule has 0 saturated carbocycles. The number of benzene rings is 2. The minimum atomic E-state index is -4.29. The van der Waals surface area contributed by atoms with E-state index in [4.69, 9.17) is 0 Å². The fourth-order valence-corrected chi connectivity index (χ4v) is 3.25. The van der Waals surface area contributed by atoms with Gasteiger partial charge in [-0.25, -0.2) is 0 Å². The third kappa shape index (κ3) is 4.06. The monoisotopic (exact) mass is 341 g/mol. The Hall–Kier alpha value is -1.52. The first kappa shape index (κ1) is 17.8. The molecule has 5 heteroatoms. The lowest BCUT2D eigenvalue weighted by molar-refractivity contribution is -0.137. The van der Waals surface area contributed by atoms with Crippen LogP contribution in [-0.4, -0.2) is 13.1 Å². The predicted molar refractivity (Wildman–Crippen MR) is 88.1 cm³/mol. The van der Waals surface area contributed by atoms with Crippen LogP contribution in [0.1, 0.15) is 34.9 Å². The molecule has 0 amide bonds. The molecule has 1 N–H and O–H groups in total. The highest BCUT2D eigenvalue weighted by Crippen LogP contribution is 2.39. The van der Waals surface area contributed by atoms with Crippen LogP contribution in [0.5, 0.6) is 0 Å². The van der Waals surface area contributed by atoms with Crippen LogP contribution in [-0.2, 0) is 6.18 Å². The number of piperidine rings is 1. The van der Waals surface area contributed by atoms with Crippen molar-refractivity contribution in [2.24, 2.45) is 0 Å². The third-order valence-corrected chi connectivity index (χ3v) is 4.35. The van der Waals surface area contributed by atoms with Gasteiger partial charge in [-0.1, -0.05) is 48.5 Å². The molecular weight excluding hydrogens is 323 g/mol. The van der Waals surface area contributed by atoms with E-state index in [0.717, 1.165) is 31.1 Å². The second-order valence-electron chi connectivity index (χ2n) is 5.74. The van der Waals surface area contributed by atoms with Crippen LogP contribution in [0.4, 0.5) is 13.2 Å². The van der Waals surface area contributed by atoms with Crippen LogP contribution < -0.4 is 5.32 Å². The molecular formula is C18H19ClF3N. The summed E-state index contributed by atoms with van der Waals surface area (Å²) in [5.41, 5.74) is 1.40. The van der Waals surface area contributed by atoms with Crippen molar-refractivity contribution in [2.75, 3.05) is 13.1 Å². The van der Waals surface area contributed by atoms with Crippen molar-refractivity contribution < 1.29 is 13.2 Å². The van der Waals surface area contributed by atoms with Crippen molar-refractivity contribution in [3.63, 3.8) is 0 Å². The van der Waals surface area contributed by atoms with Gasteiger partial charge in [-0.3, -0.25) is 0 Å². The fraction of sp³-hybridized carbons (Fsp3) is 0.333. The summed E-state index contributed by atoms with van der Waals surface area (Å²) in [7, 11) is 0. The molecule has 1 heterocycles. The Morgan fingerprint density at radius 1 is 0.870 bits per heavy atom. The number of halogens is 4. The van der Waals surface area contributed by atoms with Gasteiger partial charge in [-0.15, -0.1) is 12.4 Å². The lowest BCUT2D eigenvalue weighted by Gasteiger charge is -2.33. The van der Waals surface area contributed by atoms with Crippen molar-refractivity contribution in [2.45, 2.75) is 24.4 Å². The third-order valence-electron chi connectivity index (χ3n) is 4.35. The van der Waals surface area contributed by atoms with E-state index in [-0.39, 0.29) is 24.2 Å². The molecule has 23 heavy (non-hydrogen) atoms. The van der Waals surface area contributed by atoms with E-state index >= 15 is 0 Å². The van der Waals surface area contributed by atoms with E-state index in [0.29, 0.717) is 0 Å². The summed E-state index contributed by atoms with van der Waals surface area (Å²) < 4.78 is 38.8. The highest BCUT2D eigenvalue weighted by atomic mass is 35.5. The van der Waals surface area contributed by atoms with Crippen molar-refractivity contribution >= 4 is 12.4 Å². The Kier molecular flexibility index (Phi) is 5.71. The van der Waals surface area contributed by atoms with E-state index in [1.807, 2.05) is 24.3 Å². The Bertz CT molecular complexity index is 628. The molecule has 1 fully saturated rings. The zero-order valence-corrected chi connectivity index (χ0v) is 13.3. The zero-order valence-electron chi connectivity index (χ0n) is 12.5. The van der Waals surface area contributed by atoms with Crippen LogP contribution in [0.3, 0.4) is 0 Å². The Balaban J connectivity index is 0.00000192. The molecule has 2 aromatic carbocycles. The highest BCUT2D eigenvalue weighted by molar-refractivity contribution is 5.85. The van der Waals surface area contributed by atoms with Gasteiger partial charge in [0.25, 0.3) is 0 Å². The van der Waals surface area contributed by atoms with Crippen LogP contribution in [0.15, 0.2) is 54.6 Å². The maximum absolute atomic E-state index is 12.9. The van der Waals surface area contributed by atoms with Gasteiger partial charge in [0.1, 0.15) is 0 Å². The maximum Gasteiger partial charge on any atom is 0.416 e. The van der Waals surface area contributed by atoms with Gasteiger partial charge in [0.15, 0.2) is 0 Å². The van der Waals surface area contributed by atoms with Crippen molar-refractivity contribution in [3.8, 4) is 0 Å². The number of rotatable bonds is 2. The minimum Gasteiger partial charge on any atom is -0.316 e. The summed E-state index contributed by atoms with van der Waals surface area (Å²) in [5.74, 6) is 0.324.